The van der Waals surface area contributed by atoms with Crippen molar-refractivity contribution < 1.29 is 37.9 Å². The van der Waals surface area contributed by atoms with Crippen molar-refractivity contribution in [2.24, 2.45) is 11.5 Å². The topological polar surface area (TPSA) is 188 Å². The third kappa shape index (κ3) is 5.84. The van der Waals surface area contributed by atoms with Gasteiger partial charge in [0.1, 0.15) is 18.9 Å². The van der Waals surface area contributed by atoms with E-state index in [0.717, 1.165) is 4.90 Å². The number of aliphatic carboxylic acids is 1. The van der Waals surface area contributed by atoms with E-state index in [1.54, 1.807) is 42.5 Å². The first-order chi connectivity index (χ1) is 19.5. The summed E-state index contributed by atoms with van der Waals surface area (Å²) < 4.78 is 26.2. The van der Waals surface area contributed by atoms with Gasteiger partial charge in [-0.3, -0.25) is 33.8 Å². The maximum atomic E-state index is 14.1. The number of carboxylic acids is 1. The van der Waals surface area contributed by atoms with Crippen LogP contribution in [0.5, 0.6) is 0 Å². The van der Waals surface area contributed by atoms with Gasteiger partial charge in [0, 0.05) is 6.54 Å². The number of benzene rings is 2. The van der Waals surface area contributed by atoms with Gasteiger partial charge < -0.3 is 16.6 Å². The van der Waals surface area contributed by atoms with Crippen molar-refractivity contribution in [1.29, 1.82) is 5.26 Å². The van der Waals surface area contributed by atoms with Gasteiger partial charge >= 0.3 is 5.97 Å². The van der Waals surface area contributed by atoms with Crippen LogP contribution in [-0.2, 0) is 4.79 Å². The smallest absolute Gasteiger partial charge is 0.326 e. The van der Waals surface area contributed by atoms with Crippen molar-refractivity contribution >= 4 is 29.6 Å². The Morgan fingerprint density at radius 1 is 0.829 bits per heavy atom. The predicted molar refractivity (Wildman–Crippen MR) is 141 cm³/mol. The van der Waals surface area contributed by atoms with Crippen LogP contribution in [0.1, 0.15) is 67.1 Å². The minimum atomic E-state index is -2.01. The molecule has 13 heteroatoms. The lowest BCUT2D eigenvalue weighted by molar-refractivity contribution is -0.144. The van der Waals surface area contributed by atoms with Crippen molar-refractivity contribution in [3.05, 3.63) is 70.8 Å². The standard InChI is InChI=1S/C22H16FN3O4.C6H13FN2O2/c23-12-22(13-24,26-20(29)16-8-3-4-9-17(16)21(26)30)10-5-11-25-18(27)14-6-1-2-7-15(14)19(25)28;7-4-6(9,5(10)11)2-1-3-8/h1-4,6-9H,5,10-12H2;1-4,8-9H2,(H,10,11). The maximum Gasteiger partial charge on any atom is 0.326 e. The Morgan fingerprint density at radius 3 is 1.66 bits per heavy atom. The number of rotatable bonds is 11. The maximum absolute atomic E-state index is 14.1. The average molecular weight is 570 g/mol. The average Bonchev–Trinajstić information content (AvgIpc) is 3.39. The Labute approximate surface area is 234 Å². The largest absolute Gasteiger partial charge is 0.480 e. The number of amides is 4. The number of nitrogens with zero attached hydrogens (tertiary/aromatic N) is 3. The molecule has 2 atom stereocenters. The zero-order valence-electron chi connectivity index (χ0n) is 22.0. The summed E-state index contributed by atoms with van der Waals surface area (Å²) in [4.78, 5) is 62.4. The molecule has 0 fully saturated rings. The highest BCUT2D eigenvalue weighted by molar-refractivity contribution is 6.22. The Hall–Kier alpha value is -4.54. The number of fused-ring (bicyclic) bond motifs is 2. The number of nitriles is 1. The fourth-order valence-electron chi connectivity index (χ4n) is 4.57. The minimum Gasteiger partial charge on any atom is -0.480 e. The van der Waals surface area contributed by atoms with E-state index in [1.165, 1.54) is 12.1 Å². The second-order valence-electron chi connectivity index (χ2n) is 9.67. The highest BCUT2D eigenvalue weighted by Crippen LogP contribution is 2.33. The highest BCUT2D eigenvalue weighted by Gasteiger charge is 2.50. The van der Waals surface area contributed by atoms with Crippen LogP contribution in [0.2, 0.25) is 0 Å². The van der Waals surface area contributed by atoms with E-state index in [1.807, 2.05) is 0 Å². The van der Waals surface area contributed by atoms with Crippen LogP contribution in [0.15, 0.2) is 48.5 Å². The van der Waals surface area contributed by atoms with E-state index < -0.39 is 54.0 Å². The lowest BCUT2D eigenvalue weighted by Gasteiger charge is -2.32. The summed E-state index contributed by atoms with van der Waals surface area (Å²) in [5.74, 6) is -3.68. The van der Waals surface area contributed by atoms with Gasteiger partial charge in [0.25, 0.3) is 23.6 Å². The lowest BCUT2D eigenvalue weighted by atomic mass is 9.94. The molecule has 11 nitrogen and oxygen atoms in total. The molecule has 2 unspecified atom stereocenters. The van der Waals surface area contributed by atoms with Crippen LogP contribution in [0.3, 0.4) is 0 Å². The van der Waals surface area contributed by atoms with Gasteiger partial charge in [-0.25, -0.2) is 8.78 Å². The molecular formula is C28H29F2N5O6. The molecule has 2 aromatic carbocycles. The van der Waals surface area contributed by atoms with E-state index in [-0.39, 0.29) is 36.9 Å². The number of hydrogen-bond acceptors (Lipinski definition) is 8. The summed E-state index contributed by atoms with van der Waals surface area (Å²) in [6.07, 6.45) is 0.345. The molecular weight excluding hydrogens is 540 g/mol. The SMILES string of the molecule is N#CC(CF)(CCCN1C(=O)c2ccccc2C1=O)N1C(=O)c2ccccc2C1=O.NCCCC(N)(CF)C(=O)O. The minimum absolute atomic E-state index is 0.0519. The molecule has 2 aliphatic rings. The summed E-state index contributed by atoms with van der Waals surface area (Å²) in [6, 6.07) is 14.3. The van der Waals surface area contributed by atoms with Gasteiger partial charge in [-0.05, 0) is 56.5 Å². The first-order valence-corrected chi connectivity index (χ1v) is 12.7. The zero-order valence-corrected chi connectivity index (χ0v) is 22.0. The van der Waals surface area contributed by atoms with Crippen LogP contribution in [0.25, 0.3) is 0 Å². The van der Waals surface area contributed by atoms with Crippen molar-refractivity contribution in [3.63, 3.8) is 0 Å². The zero-order chi connectivity index (χ0) is 30.4. The molecule has 0 aliphatic carbocycles. The molecule has 2 heterocycles. The molecule has 4 amide bonds. The Balaban J connectivity index is 0.000000358. The quantitative estimate of drug-likeness (QED) is 0.340. The third-order valence-electron chi connectivity index (χ3n) is 6.99. The number of alkyl halides is 2. The summed E-state index contributed by atoms with van der Waals surface area (Å²) in [5.41, 5.74) is 7.40. The molecule has 0 spiro atoms. The fraction of sp³-hybridized carbons (Fsp3) is 0.357. The first-order valence-electron chi connectivity index (χ1n) is 12.7. The third-order valence-corrected chi connectivity index (χ3v) is 6.99. The molecule has 0 saturated heterocycles. The normalized spacial score (nSPS) is 16.8. The predicted octanol–water partition coefficient (Wildman–Crippen LogP) is 2.07. The van der Waals surface area contributed by atoms with Gasteiger partial charge in [-0.2, -0.15) is 5.26 Å². The van der Waals surface area contributed by atoms with Crippen LogP contribution < -0.4 is 11.5 Å². The molecule has 2 aliphatic heterocycles. The number of imide groups is 2. The summed E-state index contributed by atoms with van der Waals surface area (Å²) in [5, 5.41) is 18.2. The van der Waals surface area contributed by atoms with Crippen LogP contribution in [-0.4, -0.2) is 82.0 Å². The second-order valence-corrected chi connectivity index (χ2v) is 9.67. The molecule has 0 bridgehead atoms. The Morgan fingerprint density at radius 2 is 1.29 bits per heavy atom. The van der Waals surface area contributed by atoms with Gasteiger partial charge in [-0.1, -0.05) is 24.3 Å². The van der Waals surface area contributed by atoms with Crippen molar-refractivity contribution in [3.8, 4) is 6.07 Å². The number of carbonyl (C=O) groups is 5. The van der Waals surface area contributed by atoms with E-state index in [4.69, 9.17) is 16.6 Å². The highest BCUT2D eigenvalue weighted by atomic mass is 19.1. The van der Waals surface area contributed by atoms with Gasteiger partial charge in [0.2, 0.25) is 0 Å². The molecule has 0 saturated carbocycles. The lowest BCUT2D eigenvalue weighted by Crippen LogP contribution is -2.53. The number of halogens is 2. The summed E-state index contributed by atoms with van der Waals surface area (Å²) in [6.45, 7) is -2.04. The summed E-state index contributed by atoms with van der Waals surface area (Å²) in [7, 11) is 0. The number of nitrogens with two attached hydrogens (primary N) is 2. The number of carboxylic acid groups (broad SMARTS) is 1. The molecule has 2 aromatic rings. The Kier molecular flexibility index (Phi) is 9.64. The van der Waals surface area contributed by atoms with E-state index >= 15 is 0 Å². The van der Waals surface area contributed by atoms with Gasteiger partial charge in [0.05, 0.1) is 28.3 Å². The van der Waals surface area contributed by atoms with Crippen LogP contribution >= 0.6 is 0 Å². The van der Waals surface area contributed by atoms with Crippen molar-refractivity contribution in [2.75, 3.05) is 26.4 Å². The number of hydrogen-bond donors (Lipinski definition) is 3. The summed E-state index contributed by atoms with van der Waals surface area (Å²) >= 11 is 0. The molecule has 216 valence electrons. The number of carbonyl (C=O) groups excluding carboxylic acids is 4. The molecule has 0 radical (unpaired) electrons. The molecule has 0 aromatic heterocycles. The monoisotopic (exact) mass is 569 g/mol. The van der Waals surface area contributed by atoms with E-state index in [0.29, 0.717) is 29.0 Å². The second kappa shape index (κ2) is 12.8. The molecule has 4 rings (SSSR count). The van der Waals surface area contributed by atoms with E-state index in [9.17, 15) is 38.0 Å². The van der Waals surface area contributed by atoms with Crippen molar-refractivity contribution in [2.45, 2.75) is 36.8 Å². The van der Waals surface area contributed by atoms with Gasteiger partial charge in [0.15, 0.2) is 5.54 Å². The Bertz CT molecular complexity index is 1340. The van der Waals surface area contributed by atoms with Gasteiger partial charge in [-0.15, -0.1) is 0 Å². The fourth-order valence-corrected chi connectivity index (χ4v) is 4.57. The van der Waals surface area contributed by atoms with Crippen LogP contribution in [0.4, 0.5) is 8.78 Å². The van der Waals surface area contributed by atoms with Crippen LogP contribution in [0, 0.1) is 11.3 Å². The first kappa shape index (κ1) is 31.0. The van der Waals surface area contributed by atoms with E-state index in [2.05, 4.69) is 0 Å². The molecule has 5 N–H and O–H groups in total. The van der Waals surface area contributed by atoms with Crippen molar-refractivity contribution in [1.82, 2.24) is 9.80 Å². The molecule has 41 heavy (non-hydrogen) atoms.